The van der Waals surface area contributed by atoms with Gasteiger partial charge in [-0.1, -0.05) is 34.6 Å². The number of aryl methyl sites for hydroxylation is 1. The molecule has 0 bridgehead atoms. The number of hydrogen-bond acceptors (Lipinski definition) is 6. The van der Waals surface area contributed by atoms with E-state index in [0.29, 0.717) is 22.6 Å². The Morgan fingerprint density at radius 3 is 2.34 bits per heavy atom. The molecule has 1 N–H and O–H groups in total. The predicted octanol–water partition coefficient (Wildman–Crippen LogP) is 4.68. The summed E-state index contributed by atoms with van der Waals surface area (Å²) in [6, 6.07) is 2.13. The first-order valence-electron chi connectivity index (χ1n) is 10.0. The number of aliphatic hydroxyl groups is 1. The minimum absolute atomic E-state index is 0.0436. The van der Waals surface area contributed by atoms with Gasteiger partial charge in [-0.3, -0.25) is 9.59 Å². The Balaban J connectivity index is 2.77. The lowest BCUT2D eigenvalue weighted by molar-refractivity contribution is -0.144. The van der Waals surface area contributed by atoms with Gasteiger partial charge in [0.25, 0.3) is 0 Å². The van der Waals surface area contributed by atoms with Crippen LogP contribution >= 0.6 is 11.3 Å². The molecule has 0 aliphatic heterocycles. The van der Waals surface area contributed by atoms with Gasteiger partial charge in [-0.2, -0.15) is 0 Å². The minimum atomic E-state index is -1.15. The van der Waals surface area contributed by atoms with Gasteiger partial charge in [-0.15, -0.1) is 11.3 Å². The minimum Gasteiger partial charge on any atom is -0.469 e. The summed E-state index contributed by atoms with van der Waals surface area (Å²) < 4.78 is 10.7. The summed E-state index contributed by atoms with van der Waals surface area (Å²) in [5, 5.41) is 13.3. The Morgan fingerprint density at radius 2 is 1.83 bits per heavy atom. The number of carbonyl (C=O) groups is 2. The molecule has 29 heavy (non-hydrogen) atoms. The molecule has 0 aliphatic rings. The topological polar surface area (TPSA) is 72.8 Å². The summed E-state index contributed by atoms with van der Waals surface area (Å²) in [4.78, 5) is 24.6. The Kier molecular flexibility index (Phi) is 9.27. The fourth-order valence-electron chi connectivity index (χ4n) is 2.73. The smallest absolute Gasteiger partial charge is 0.313 e. The van der Waals surface area contributed by atoms with E-state index in [0.717, 1.165) is 10.4 Å². The first-order valence-corrected chi connectivity index (χ1v) is 11.8. The van der Waals surface area contributed by atoms with Crippen molar-refractivity contribution in [3.05, 3.63) is 21.9 Å². The molecule has 0 spiro atoms. The second kappa shape index (κ2) is 10.3. The van der Waals surface area contributed by atoms with Crippen LogP contribution in [0.1, 0.15) is 78.2 Å². The molecule has 0 fully saturated rings. The van der Waals surface area contributed by atoms with Crippen LogP contribution in [-0.4, -0.2) is 39.3 Å². The molecule has 0 saturated carbocycles. The van der Waals surface area contributed by atoms with Crippen molar-refractivity contribution >= 4 is 32.9 Å². The number of hydrogen-bond donors (Lipinski definition) is 1. The Morgan fingerprint density at radius 1 is 1.21 bits per heavy atom. The maximum atomic E-state index is 12.2. The number of Topliss-reactive ketones (excluding diaryl/α,β-unsaturated/α-hetero) is 1. The average Bonchev–Trinajstić information content (AvgIpc) is 3.07. The first-order chi connectivity index (χ1) is 13.2. The molecule has 0 amide bonds. The maximum absolute atomic E-state index is 12.2. The van der Waals surface area contributed by atoms with E-state index < -0.39 is 11.6 Å². The third-order valence-corrected chi connectivity index (χ3v) is 7.36. The van der Waals surface area contributed by atoms with Gasteiger partial charge >= 0.3 is 5.97 Å². The van der Waals surface area contributed by atoms with Crippen molar-refractivity contribution < 1.29 is 23.9 Å². The molecule has 164 valence electrons. The highest BCUT2D eigenvalue weighted by Gasteiger charge is 2.34. The summed E-state index contributed by atoms with van der Waals surface area (Å²) in [6.45, 7) is 14.4. The van der Waals surface area contributed by atoms with Gasteiger partial charge in [0.05, 0.1) is 18.3 Å². The number of methoxy groups -OCH3 is 1. The van der Waals surface area contributed by atoms with Gasteiger partial charge in [0, 0.05) is 11.3 Å². The van der Waals surface area contributed by atoms with E-state index in [9.17, 15) is 14.7 Å². The third-order valence-electron chi connectivity index (χ3n) is 4.85. The quantitative estimate of drug-likeness (QED) is 0.307. The largest absolute Gasteiger partial charge is 0.469 e. The van der Waals surface area contributed by atoms with E-state index in [-0.39, 0.29) is 35.2 Å². The molecule has 0 saturated heterocycles. The molecule has 1 atom stereocenters. The second-order valence-electron chi connectivity index (χ2n) is 9.51. The van der Waals surface area contributed by atoms with Crippen LogP contribution in [0.15, 0.2) is 11.4 Å². The normalized spacial score (nSPS) is 14.7. The highest BCUT2D eigenvalue weighted by atomic mass is 32.1. The Bertz CT molecular complexity index is 690. The van der Waals surface area contributed by atoms with Crippen molar-refractivity contribution in [1.82, 2.24) is 0 Å². The lowest BCUT2D eigenvalue weighted by atomic mass is 9.80. The van der Waals surface area contributed by atoms with Crippen molar-refractivity contribution in [2.24, 2.45) is 5.92 Å². The van der Waals surface area contributed by atoms with Crippen LogP contribution in [0.4, 0.5) is 0 Å². The van der Waals surface area contributed by atoms with E-state index in [2.05, 4.69) is 50.8 Å². The maximum Gasteiger partial charge on any atom is 0.313 e. The van der Waals surface area contributed by atoms with Crippen LogP contribution in [-0.2, 0) is 30.8 Å². The molecule has 0 aromatic carbocycles. The van der Waals surface area contributed by atoms with Crippen LogP contribution in [0, 0.1) is 5.92 Å². The van der Waals surface area contributed by atoms with Crippen molar-refractivity contribution in [3.63, 3.8) is 0 Å². The van der Waals surface area contributed by atoms with Gasteiger partial charge in [0.1, 0.15) is 12.2 Å². The molecular formula is C22H36O5SSi. The molecule has 1 aromatic heterocycles. The number of esters is 1. The average molecular weight is 441 g/mol. The number of ether oxygens (including phenoxy) is 1. The number of thiophene rings is 1. The number of carbonyl (C=O) groups excluding carboxylic acids is 2. The van der Waals surface area contributed by atoms with Crippen LogP contribution in [0.3, 0.4) is 0 Å². The molecule has 7 heteroatoms. The van der Waals surface area contributed by atoms with Crippen molar-refractivity contribution in [3.8, 4) is 0 Å². The van der Waals surface area contributed by atoms with Crippen molar-refractivity contribution in [2.45, 2.75) is 90.4 Å². The van der Waals surface area contributed by atoms with E-state index >= 15 is 0 Å². The summed E-state index contributed by atoms with van der Waals surface area (Å²) >= 11 is 1.66. The molecule has 1 unspecified atom stereocenters. The standard InChI is InChI=1S/C22H36O5SSi/c1-15(2)22(25,13-17(23)12-19(24)26-8)10-9-16-11-18(28-14-16)21(6,7)27-29-20(3,4)5/h11,14-15,25H,9-10,12-13H2,1-8H3. The van der Waals surface area contributed by atoms with E-state index in [1.54, 1.807) is 11.3 Å². The fourth-order valence-corrected chi connectivity index (χ4v) is 4.49. The van der Waals surface area contributed by atoms with Gasteiger partial charge in [0.2, 0.25) is 9.76 Å². The lowest BCUT2D eigenvalue weighted by Crippen LogP contribution is -2.38. The van der Waals surface area contributed by atoms with Gasteiger partial charge in [0.15, 0.2) is 0 Å². The summed E-state index contributed by atoms with van der Waals surface area (Å²) in [5.74, 6) is -0.964. The molecule has 1 rings (SSSR count). The molecule has 5 nitrogen and oxygen atoms in total. The highest BCUT2D eigenvalue weighted by Crippen LogP contribution is 2.35. The summed E-state index contributed by atoms with van der Waals surface area (Å²) in [7, 11) is 1.66. The molecule has 1 aromatic rings. The zero-order chi connectivity index (χ0) is 22.5. The predicted molar refractivity (Wildman–Crippen MR) is 118 cm³/mol. The van der Waals surface area contributed by atoms with Crippen LogP contribution in [0.5, 0.6) is 0 Å². The Labute approximate surface area is 182 Å². The highest BCUT2D eigenvalue weighted by molar-refractivity contribution is 7.10. The van der Waals surface area contributed by atoms with Crippen LogP contribution < -0.4 is 0 Å². The molecule has 1 heterocycles. The van der Waals surface area contributed by atoms with E-state index in [1.165, 1.54) is 7.11 Å². The van der Waals surface area contributed by atoms with Crippen molar-refractivity contribution in [2.75, 3.05) is 7.11 Å². The second-order valence-corrected chi connectivity index (χ2v) is 12.3. The van der Waals surface area contributed by atoms with E-state index in [4.69, 9.17) is 4.43 Å². The van der Waals surface area contributed by atoms with Gasteiger partial charge < -0.3 is 14.3 Å². The van der Waals surface area contributed by atoms with E-state index in [1.807, 2.05) is 13.8 Å². The first kappa shape index (κ1) is 26.0. The Hall–Kier alpha value is -1.02. The van der Waals surface area contributed by atoms with Crippen LogP contribution in [0.2, 0.25) is 5.04 Å². The van der Waals surface area contributed by atoms with Gasteiger partial charge in [-0.25, -0.2) is 0 Å². The molecule has 0 aliphatic carbocycles. The van der Waals surface area contributed by atoms with Crippen molar-refractivity contribution in [1.29, 1.82) is 0 Å². The fraction of sp³-hybridized carbons (Fsp3) is 0.727. The zero-order valence-corrected chi connectivity index (χ0v) is 20.9. The third kappa shape index (κ3) is 8.70. The zero-order valence-electron chi connectivity index (χ0n) is 19.0. The van der Waals surface area contributed by atoms with Gasteiger partial charge in [-0.05, 0) is 54.7 Å². The number of ketones is 1. The van der Waals surface area contributed by atoms with Crippen LogP contribution in [0.25, 0.3) is 0 Å². The molecular weight excluding hydrogens is 404 g/mol. The molecule has 2 radical (unpaired) electrons. The SMILES string of the molecule is COC(=O)CC(=O)CC(O)(CCc1csc(C(C)(C)O[Si]C(C)(C)C)c1)C(C)C. The summed E-state index contributed by atoms with van der Waals surface area (Å²) in [6.07, 6.45) is 0.777. The summed E-state index contributed by atoms with van der Waals surface area (Å²) in [5.41, 5.74) is -0.382. The lowest BCUT2D eigenvalue weighted by Gasteiger charge is -2.31. The monoisotopic (exact) mass is 440 g/mol. The number of rotatable bonds is 11.